The number of aliphatic hydroxyl groups excluding tert-OH is 1. The van der Waals surface area contributed by atoms with Crippen LogP contribution in [0.1, 0.15) is 87.1 Å². The number of hydrogen-bond acceptors (Lipinski definition) is 7. The van der Waals surface area contributed by atoms with Crippen molar-refractivity contribution in [2.24, 2.45) is 5.92 Å². The zero-order valence-electron chi connectivity index (χ0n) is 27.8. The molecule has 9 nitrogen and oxygen atoms in total. The zero-order chi connectivity index (χ0) is 32.9. The zero-order valence-corrected chi connectivity index (χ0v) is 27.8. The molecule has 242 valence electrons. The van der Waals surface area contributed by atoms with Crippen LogP contribution in [0.25, 0.3) is 0 Å². The molecule has 2 amide bonds. The number of hydroxylamine groups is 1. The minimum atomic E-state index is -0.505. The lowest BCUT2D eigenvalue weighted by Crippen LogP contribution is -2.42. The standard InChI is InChI=1S/C36H47N3O6/c1-24-9-10-27(33(41)39(43-8)30-19-26(23-40)17-28(21-30)35(2,3)4)20-32(24)44-31-11-14-37-29(22-31)18-25-12-15-38(16-13-25)34(42)45-36(5,6)7/h9-11,14,17,19-22,25,40H,12-13,15-16,18,23H2,1-8H3. The molecule has 2 heterocycles. The fourth-order valence-corrected chi connectivity index (χ4v) is 5.28. The molecule has 2 aromatic carbocycles. The number of hydrogen-bond donors (Lipinski definition) is 1. The van der Waals surface area contributed by atoms with Gasteiger partial charge in [-0.3, -0.25) is 14.6 Å². The summed E-state index contributed by atoms with van der Waals surface area (Å²) in [7, 11) is 1.45. The first-order chi connectivity index (χ1) is 21.2. The van der Waals surface area contributed by atoms with Crippen LogP contribution in [0.15, 0.2) is 54.7 Å². The molecule has 1 aliphatic heterocycles. The van der Waals surface area contributed by atoms with Crippen molar-refractivity contribution >= 4 is 17.7 Å². The fraction of sp³-hybridized carbons (Fsp3) is 0.472. The van der Waals surface area contributed by atoms with Gasteiger partial charge in [-0.25, -0.2) is 4.79 Å². The van der Waals surface area contributed by atoms with Gasteiger partial charge < -0.3 is 19.5 Å². The third-order valence-corrected chi connectivity index (χ3v) is 7.84. The van der Waals surface area contributed by atoms with Crippen LogP contribution in [0.3, 0.4) is 0 Å². The van der Waals surface area contributed by atoms with E-state index in [0.29, 0.717) is 47.3 Å². The summed E-state index contributed by atoms with van der Waals surface area (Å²) in [5.74, 6) is 1.23. The SMILES string of the molecule is CON(C(=O)c1ccc(C)c(Oc2ccnc(CC3CCN(C(=O)OC(C)(C)C)CC3)c2)c1)c1cc(CO)cc(C(C)(C)C)c1. The van der Waals surface area contributed by atoms with Crippen molar-refractivity contribution in [2.75, 3.05) is 25.3 Å². The van der Waals surface area contributed by atoms with E-state index in [2.05, 4.69) is 25.8 Å². The highest BCUT2D eigenvalue weighted by Gasteiger charge is 2.27. The van der Waals surface area contributed by atoms with Gasteiger partial charge in [-0.2, -0.15) is 5.06 Å². The molecule has 0 atom stereocenters. The van der Waals surface area contributed by atoms with Crippen molar-refractivity contribution in [3.8, 4) is 11.5 Å². The van der Waals surface area contributed by atoms with E-state index in [1.165, 1.54) is 12.2 Å². The van der Waals surface area contributed by atoms with Crippen LogP contribution in [-0.2, 0) is 28.0 Å². The number of piperidine rings is 1. The fourth-order valence-electron chi connectivity index (χ4n) is 5.28. The van der Waals surface area contributed by atoms with Crippen molar-refractivity contribution in [1.82, 2.24) is 9.88 Å². The van der Waals surface area contributed by atoms with Crippen molar-refractivity contribution in [3.63, 3.8) is 0 Å². The summed E-state index contributed by atoms with van der Waals surface area (Å²) in [6.45, 7) is 15.0. The number of aromatic nitrogens is 1. The minimum Gasteiger partial charge on any atom is -0.457 e. The second kappa shape index (κ2) is 14.0. The van der Waals surface area contributed by atoms with Crippen molar-refractivity contribution in [1.29, 1.82) is 0 Å². The molecule has 0 spiro atoms. The number of carbonyl (C=O) groups is 2. The lowest BCUT2D eigenvalue weighted by atomic mass is 9.86. The topological polar surface area (TPSA) is 101 Å². The summed E-state index contributed by atoms with van der Waals surface area (Å²) in [5, 5.41) is 11.1. The van der Waals surface area contributed by atoms with E-state index in [4.69, 9.17) is 14.3 Å². The summed E-state index contributed by atoms with van der Waals surface area (Å²) < 4.78 is 11.8. The lowest BCUT2D eigenvalue weighted by molar-refractivity contribution is 0.0184. The maximum absolute atomic E-state index is 13.7. The molecular formula is C36H47N3O6. The maximum Gasteiger partial charge on any atom is 0.410 e. The molecular weight excluding hydrogens is 570 g/mol. The Kier molecular flexibility index (Phi) is 10.6. The molecule has 3 aromatic rings. The average Bonchev–Trinajstić information content (AvgIpc) is 2.97. The monoisotopic (exact) mass is 617 g/mol. The maximum atomic E-state index is 13.7. The van der Waals surface area contributed by atoms with Crippen molar-refractivity contribution in [2.45, 2.75) is 85.4 Å². The number of anilines is 1. The number of aryl methyl sites for hydroxylation is 1. The Morgan fingerprint density at radius 3 is 2.33 bits per heavy atom. The molecule has 1 aromatic heterocycles. The Hall–Kier alpha value is -3.95. The number of amides is 2. The number of benzene rings is 2. The molecule has 9 heteroatoms. The summed E-state index contributed by atoms with van der Waals surface area (Å²) in [5.41, 5.74) is 3.71. The van der Waals surface area contributed by atoms with E-state index in [0.717, 1.165) is 36.1 Å². The number of pyridine rings is 1. The number of ether oxygens (including phenoxy) is 2. The van der Waals surface area contributed by atoms with Crippen LogP contribution in [0.5, 0.6) is 11.5 Å². The molecule has 0 bridgehead atoms. The van der Waals surface area contributed by atoms with Crippen molar-refractivity contribution in [3.05, 3.63) is 82.7 Å². The second-order valence-corrected chi connectivity index (χ2v) is 13.8. The van der Waals surface area contributed by atoms with Gasteiger partial charge in [0.2, 0.25) is 0 Å². The Balaban J connectivity index is 1.46. The number of likely N-dealkylation sites (tertiary alicyclic amines) is 1. The van der Waals surface area contributed by atoms with Gasteiger partial charge in [0.25, 0.3) is 5.91 Å². The third-order valence-electron chi connectivity index (χ3n) is 7.84. The van der Waals surface area contributed by atoms with Gasteiger partial charge in [-0.1, -0.05) is 32.9 Å². The molecule has 1 N–H and O–H groups in total. The summed E-state index contributed by atoms with van der Waals surface area (Å²) in [4.78, 5) is 38.0. The van der Waals surface area contributed by atoms with Gasteiger partial charge in [0.1, 0.15) is 17.1 Å². The highest BCUT2D eigenvalue weighted by atomic mass is 16.7. The Bertz CT molecular complexity index is 1500. The van der Waals surface area contributed by atoms with Crippen LogP contribution in [0.2, 0.25) is 0 Å². The summed E-state index contributed by atoms with van der Waals surface area (Å²) >= 11 is 0. The first-order valence-electron chi connectivity index (χ1n) is 15.5. The molecule has 0 aliphatic carbocycles. The van der Waals surface area contributed by atoms with E-state index in [1.54, 1.807) is 35.4 Å². The van der Waals surface area contributed by atoms with Gasteiger partial charge in [0.15, 0.2) is 0 Å². The van der Waals surface area contributed by atoms with Gasteiger partial charge in [-0.05, 0) is 105 Å². The molecule has 1 fully saturated rings. The van der Waals surface area contributed by atoms with E-state index >= 15 is 0 Å². The second-order valence-electron chi connectivity index (χ2n) is 13.8. The first kappa shape index (κ1) is 33.9. The van der Waals surface area contributed by atoms with Gasteiger partial charge >= 0.3 is 6.09 Å². The first-order valence-corrected chi connectivity index (χ1v) is 15.5. The highest BCUT2D eigenvalue weighted by molar-refractivity contribution is 6.05. The summed E-state index contributed by atoms with van der Waals surface area (Å²) in [6, 6.07) is 14.7. The predicted molar refractivity (Wildman–Crippen MR) is 175 cm³/mol. The lowest BCUT2D eigenvalue weighted by Gasteiger charge is -2.33. The Morgan fingerprint density at radius 1 is 1.00 bits per heavy atom. The van der Waals surface area contributed by atoms with Crippen LogP contribution in [0, 0.1) is 12.8 Å². The smallest absolute Gasteiger partial charge is 0.410 e. The molecule has 0 saturated carbocycles. The largest absolute Gasteiger partial charge is 0.457 e. The number of carbonyl (C=O) groups excluding carboxylic acids is 2. The van der Waals surface area contributed by atoms with Gasteiger partial charge in [0.05, 0.1) is 19.4 Å². The van der Waals surface area contributed by atoms with Crippen LogP contribution in [-0.4, -0.2) is 52.8 Å². The Labute approximate surface area is 267 Å². The van der Waals surface area contributed by atoms with E-state index < -0.39 is 5.60 Å². The van der Waals surface area contributed by atoms with E-state index in [9.17, 15) is 14.7 Å². The van der Waals surface area contributed by atoms with E-state index in [-0.39, 0.29) is 24.0 Å². The molecule has 0 radical (unpaired) electrons. The van der Waals surface area contributed by atoms with E-state index in [1.807, 2.05) is 52.0 Å². The predicted octanol–water partition coefficient (Wildman–Crippen LogP) is 7.37. The molecule has 45 heavy (non-hydrogen) atoms. The highest BCUT2D eigenvalue weighted by Crippen LogP contribution is 2.32. The van der Waals surface area contributed by atoms with Crippen LogP contribution in [0.4, 0.5) is 10.5 Å². The average molecular weight is 618 g/mol. The Morgan fingerprint density at radius 2 is 1.71 bits per heavy atom. The molecule has 4 rings (SSSR count). The van der Waals surface area contributed by atoms with Crippen LogP contribution >= 0.6 is 0 Å². The number of nitrogens with zero attached hydrogens (tertiary/aromatic N) is 3. The third kappa shape index (κ3) is 9.05. The quantitative estimate of drug-likeness (QED) is 0.263. The van der Waals surface area contributed by atoms with Gasteiger partial charge in [0, 0.05) is 36.6 Å². The molecule has 0 unspecified atom stereocenters. The molecule has 1 aliphatic rings. The minimum absolute atomic E-state index is 0.148. The number of aliphatic hydroxyl groups is 1. The number of rotatable bonds is 8. The molecule has 1 saturated heterocycles. The van der Waals surface area contributed by atoms with Crippen molar-refractivity contribution < 1.29 is 29.0 Å². The normalized spacial score (nSPS) is 14.3. The summed E-state index contributed by atoms with van der Waals surface area (Å²) in [6.07, 6.45) is 4.02. The van der Waals surface area contributed by atoms with Crippen LogP contribution < -0.4 is 9.80 Å². The van der Waals surface area contributed by atoms with Gasteiger partial charge in [-0.15, -0.1) is 0 Å².